The molecule has 180 valence electrons. The zero-order valence-corrected chi connectivity index (χ0v) is 20.7. The van der Waals surface area contributed by atoms with Gasteiger partial charge in [-0.15, -0.1) is 0 Å². The Hall–Kier alpha value is -3.86. The first-order chi connectivity index (χ1) is 16.8. The van der Waals surface area contributed by atoms with E-state index in [0.717, 1.165) is 34.2 Å². The van der Waals surface area contributed by atoms with Gasteiger partial charge in [0.25, 0.3) is 11.7 Å². The molecule has 1 aliphatic rings. The lowest BCUT2D eigenvalue weighted by atomic mass is 9.93. The van der Waals surface area contributed by atoms with Crippen LogP contribution in [0.4, 0.5) is 0 Å². The number of hydrogen-bond acceptors (Lipinski definition) is 4. The van der Waals surface area contributed by atoms with E-state index in [0.29, 0.717) is 17.9 Å². The molecule has 0 aliphatic carbocycles. The van der Waals surface area contributed by atoms with Gasteiger partial charge in [-0.2, -0.15) is 0 Å². The molecule has 5 nitrogen and oxygen atoms in total. The van der Waals surface area contributed by atoms with Crippen molar-refractivity contribution in [3.05, 3.63) is 106 Å². The molecule has 1 saturated heterocycles. The summed E-state index contributed by atoms with van der Waals surface area (Å²) in [5.41, 5.74) is 5.28. The van der Waals surface area contributed by atoms with Gasteiger partial charge in [-0.05, 0) is 62.1 Å². The summed E-state index contributed by atoms with van der Waals surface area (Å²) in [5.74, 6) is -0.750. The van der Waals surface area contributed by atoms with Gasteiger partial charge in [-0.25, -0.2) is 0 Å². The lowest BCUT2D eigenvalue weighted by Gasteiger charge is -2.26. The largest absolute Gasteiger partial charge is 0.507 e. The van der Waals surface area contributed by atoms with E-state index in [4.69, 9.17) is 4.74 Å². The van der Waals surface area contributed by atoms with Crippen molar-refractivity contribution >= 4 is 17.4 Å². The Morgan fingerprint density at radius 3 is 2.14 bits per heavy atom. The highest BCUT2D eigenvalue weighted by molar-refractivity contribution is 6.46. The number of nitrogens with zero attached hydrogens (tertiary/aromatic N) is 1. The number of Topliss-reactive ketones (excluding diaryl/α,β-unsaturated/α-hetero) is 1. The third-order valence-corrected chi connectivity index (χ3v) is 6.33. The van der Waals surface area contributed by atoms with Crippen LogP contribution in [0, 0.1) is 20.8 Å². The molecule has 0 radical (unpaired) electrons. The fraction of sp³-hybridized carbons (Fsp3) is 0.267. The molecule has 0 saturated carbocycles. The van der Waals surface area contributed by atoms with Crippen molar-refractivity contribution in [2.75, 3.05) is 6.61 Å². The van der Waals surface area contributed by atoms with Gasteiger partial charge in [0.05, 0.1) is 18.2 Å². The second-order valence-corrected chi connectivity index (χ2v) is 9.15. The Labute approximate surface area is 206 Å². The van der Waals surface area contributed by atoms with Crippen LogP contribution in [0.25, 0.3) is 5.76 Å². The van der Waals surface area contributed by atoms with Crippen molar-refractivity contribution in [1.82, 2.24) is 4.90 Å². The lowest BCUT2D eigenvalue weighted by molar-refractivity contribution is -0.140. The zero-order chi connectivity index (χ0) is 25.1. The van der Waals surface area contributed by atoms with Crippen molar-refractivity contribution < 1.29 is 19.4 Å². The van der Waals surface area contributed by atoms with E-state index in [1.807, 2.05) is 82.3 Å². The summed E-state index contributed by atoms with van der Waals surface area (Å²) >= 11 is 0. The molecule has 1 N–H and O–H groups in total. The summed E-state index contributed by atoms with van der Waals surface area (Å²) in [5, 5.41) is 11.4. The smallest absolute Gasteiger partial charge is 0.295 e. The standard InChI is InChI=1S/C30H31NO4/c1-5-16-35-24-14-15-25(21(4)17-24)28(32)26-27(23-12-8-20(3)9-13-23)31(30(34)29(26)33)18-22-10-6-19(2)7-11-22/h6-15,17,27,32H,5,16,18H2,1-4H3/b28-26+. The maximum atomic E-state index is 13.3. The predicted molar refractivity (Wildman–Crippen MR) is 137 cm³/mol. The van der Waals surface area contributed by atoms with E-state index >= 15 is 0 Å². The van der Waals surface area contributed by atoms with E-state index in [1.165, 1.54) is 0 Å². The molecule has 1 atom stereocenters. The van der Waals surface area contributed by atoms with Crippen LogP contribution in [-0.2, 0) is 16.1 Å². The van der Waals surface area contributed by atoms with Gasteiger partial charge in [0.1, 0.15) is 11.5 Å². The number of carbonyl (C=O) groups is 2. The Morgan fingerprint density at radius 1 is 0.914 bits per heavy atom. The molecule has 0 aromatic heterocycles. The zero-order valence-electron chi connectivity index (χ0n) is 20.7. The maximum Gasteiger partial charge on any atom is 0.295 e. The Bertz CT molecular complexity index is 1270. The molecule has 35 heavy (non-hydrogen) atoms. The van der Waals surface area contributed by atoms with Gasteiger partial charge in [-0.1, -0.05) is 66.6 Å². The van der Waals surface area contributed by atoms with Gasteiger partial charge in [-0.3, -0.25) is 9.59 Å². The predicted octanol–water partition coefficient (Wildman–Crippen LogP) is 6.02. The number of benzene rings is 3. The molecule has 1 heterocycles. The number of ether oxygens (including phenoxy) is 1. The van der Waals surface area contributed by atoms with E-state index in [1.54, 1.807) is 17.0 Å². The number of rotatable bonds is 7. The number of aliphatic hydroxyl groups is 1. The normalized spacial score (nSPS) is 17.1. The first-order valence-electron chi connectivity index (χ1n) is 11.9. The quantitative estimate of drug-likeness (QED) is 0.261. The first-order valence-corrected chi connectivity index (χ1v) is 11.9. The summed E-state index contributed by atoms with van der Waals surface area (Å²) in [6, 6.07) is 20.3. The van der Waals surface area contributed by atoms with Crippen LogP contribution in [0.2, 0.25) is 0 Å². The molecule has 1 fully saturated rings. The molecule has 1 aliphatic heterocycles. The van der Waals surface area contributed by atoms with Gasteiger partial charge < -0.3 is 14.7 Å². The van der Waals surface area contributed by atoms with Crippen molar-refractivity contribution in [1.29, 1.82) is 0 Å². The average molecular weight is 470 g/mol. The molecule has 1 amide bonds. The molecule has 0 spiro atoms. The summed E-state index contributed by atoms with van der Waals surface area (Å²) in [7, 11) is 0. The molecule has 3 aromatic rings. The number of likely N-dealkylation sites (tertiary alicyclic amines) is 1. The summed E-state index contributed by atoms with van der Waals surface area (Å²) in [6.45, 7) is 8.75. The fourth-order valence-electron chi connectivity index (χ4n) is 4.39. The molecule has 4 rings (SSSR count). The van der Waals surface area contributed by atoms with Crippen molar-refractivity contribution in [2.24, 2.45) is 0 Å². The Balaban J connectivity index is 1.81. The summed E-state index contributed by atoms with van der Waals surface area (Å²) < 4.78 is 5.70. The van der Waals surface area contributed by atoms with Crippen LogP contribution in [0.5, 0.6) is 5.75 Å². The highest BCUT2D eigenvalue weighted by atomic mass is 16.5. The van der Waals surface area contributed by atoms with Crippen molar-refractivity contribution in [2.45, 2.75) is 46.7 Å². The van der Waals surface area contributed by atoms with Crippen molar-refractivity contribution in [3.63, 3.8) is 0 Å². The third kappa shape index (κ3) is 4.99. The first kappa shape index (κ1) is 24.3. The minimum absolute atomic E-state index is 0.108. The van der Waals surface area contributed by atoms with Gasteiger partial charge in [0.15, 0.2) is 0 Å². The molecular weight excluding hydrogens is 438 g/mol. The number of amides is 1. The van der Waals surface area contributed by atoms with Crippen LogP contribution >= 0.6 is 0 Å². The molecule has 1 unspecified atom stereocenters. The topological polar surface area (TPSA) is 66.8 Å². The number of hydrogen-bond donors (Lipinski definition) is 1. The minimum atomic E-state index is -0.688. The van der Waals surface area contributed by atoms with Crippen LogP contribution in [0.15, 0.2) is 72.3 Å². The fourth-order valence-corrected chi connectivity index (χ4v) is 4.39. The number of aliphatic hydroxyl groups excluding tert-OH is 1. The van der Waals surface area contributed by atoms with Gasteiger partial charge in [0, 0.05) is 12.1 Å². The van der Waals surface area contributed by atoms with E-state index in [9.17, 15) is 14.7 Å². The van der Waals surface area contributed by atoms with Crippen LogP contribution in [-0.4, -0.2) is 28.3 Å². The average Bonchev–Trinajstić information content (AvgIpc) is 3.09. The molecule has 0 bridgehead atoms. The second-order valence-electron chi connectivity index (χ2n) is 9.15. The molecular formula is C30H31NO4. The van der Waals surface area contributed by atoms with Crippen molar-refractivity contribution in [3.8, 4) is 5.75 Å². The van der Waals surface area contributed by atoms with Crippen LogP contribution < -0.4 is 4.74 Å². The summed E-state index contributed by atoms with van der Waals surface area (Å²) in [4.78, 5) is 28.1. The Morgan fingerprint density at radius 2 is 1.54 bits per heavy atom. The monoisotopic (exact) mass is 469 g/mol. The van der Waals surface area contributed by atoms with E-state index < -0.39 is 17.7 Å². The third-order valence-electron chi connectivity index (χ3n) is 6.33. The highest BCUT2D eigenvalue weighted by Gasteiger charge is 2.46. The van der Waals surface area contributed by atoms with Crippen LogP contribution in [0.1, 0.15) is 52.8 Å². The Kier molecular flexibility index (Phi) is 7.06. The number of carbonyl (C=O) groups excluding carboxylic acids is 2. The van der Waals surface area contributed by atoms with E-state index in [2.05, 4.69) is 0 Å². The van der Waals surface area contributed by atoms with Gasteiger partial charge in [0.2, 0.25) is 0 Å². The van der Waals surface area contributed by atoms with E-state index in [-0.39, 0.29) is 17.9 Å². The minimum Gasteiger partial charge on any atom is -0.507 e. The highest BCUT2D eigenvalue weighted by Crippen LogP contribution is 2.41. The number of ketones is 1. The number of aryl methyl sites for hydroxylation is 3. The SMILES string of the molecule is CCCOc1ccc(/C(O)=C2\C(=O)C(=O)N(Cc3ccc(C)cc3)C2c2ccc(C)cc2)c(C)c1. The lowest BCUT2D eigenvalue weighted by Crippen LogP contribution is -2.29. The van der Waals surface area contributed by atoms with Gasteiger partial charge >= 0.3 is 0 Å². The van der Waals surface area contributed by atoms with Crippen LogP contribution in [0.3, 0.4) is 0 Å². The second kappa shape index (κ2) is 10.2. The summed E-state index contributed by atoms with van der Waals surface area (Å²) in [6.07, 6.45) is 0.891. The molecule has 5 heteroatoms. The molecule has 3 aromatic carbocycles. The maximum absolute atomic E-state index is 13.3.